The number of hydrogen-bond acceptors (Lipinski definition) is 5. The van der Waals surface area contributed by atoms with Crippen molar-refractivity contribution in [1.82, 2.24) is 4.90 Å². The number of rotatable bonds is 4. The van der Waals surface area contributed by atoms with Crippen molar-refractivity contribution in [3.63, 3.8) is 0 Å². The van der Waals surface area contributed by atoms with Gasteiger partial charge in [0.2, 0.25) is 0 Å². The van der Waals surface area contributed by atoms with E-state index in [0.717, 1.165) is 12.7 Å². The fourth-order valence-corrected chi connectivity index (χ4v) is 2.53. The Balaban J connectivity index is 2.18. The molecule has 114 valence electrons. The molecule has 1 aromatic carbocycles. The van der Waals surface area contributed by atoms with Gasteiger partial charge in [-0.2, -0.15) is 0 Å². The molecule has 0 N–H and O–H groups in total. The van der Waals surface area contributed by atoms with Crippen molar-refractivity contribution in [1.29, 1.82) is 0 Å². The van der Waals surface area contributed by atoms with Crippen molar-refractivity contribution < 1.29 is 30.5 Å². The summed E-state index contributed by atoms with van der Waals surface area (Å²) in [7, 11) is -4.88. The molecule has 1 aliphatic rings. The first-order valence-corrected chi connectivity index (χ1v) is 7.42. The number of hydrogen-bond donors (Lipinski definition) is 0. The van der Waals surface area contributed by atoms with Crippen LogP contribution < -0.4 is 4.18 Å². The molecule has 0 amide bonds. The molecule has 0 aromatic heterocycles. The molecular formula is C11H11BF3NO4S. The third-order valence-corrected chi connectivity index (χ3v) is 4.07. The third kappa shape index (κ3) is 3.62. The van der Waals surface area contributed by atoms with E-state index in [1.54, 1.807) is 0 Å². The van der Waals surface area contributed by atoms with Gasteiger partial charge in [-0.25, -0.2) is 0 Å². The molecule has 10 heteroatoms. The molecule has 1 aromatic rings. The Hall–Kier alpha value is -1.42. The van der Waals surface area contributed by atoms with Crippen LogP contribution in [-0.4, -0.2) is 39.0 Å². The summed E-state index contributed by atoms with van der Waals surface area (Å²) >= 11 is 0. The Labute approximate surface area is 120 Å². The molecule has 0 aliphatic carbocycles. The second kappa shape index (κ2) is 5.76. The fraction of sp³-hybridized carbons (Fsp3) is 0.455. The zero-order valence-corrected chi connectivity index (χ0v) is 11.6. The maximum absolute atomic E-state index is 12.2. The van der Waals surface area contributed by atoms with Crippen LogP contribution in [0.5, 0.6) is 5.75 Å². The van der Waals surface area contributed by atoms with Crippen molar-refractivity contribution in [3.8, 4) is 5.75 Å². The van der Waals surface area contributed by atoms with Gasteiger partial charge in [0.05, 0.1) is 0 Å². The number of benzene rings is 1. The average Bonchev–Trinajstić information content (AvgIpc) is 2.37. The minimum absolute atomic E-state index is 0.278. The van der Waals surface area contributed by atoms with Crippen LogP contribution in [0.2, 0.25) is 0 Å². The Morgan fingerprint density at radius 1 is 1.29 bits per heavy atom. The molecule has 0 saturated carbocycles. The molecule has 5 nitrogen and oxygen atoms in total. The standard InChI is InChI=1S/C11H11BF3NO4S/c13-11(14,15)21(18,19)20-10-2-1-9-6-16(7-12-17)4-3-8(9)5-10/h1-2,5H,3-4,6-7H2. The van der Waals surface area contributed by atoms with Crippen LogP contribution in [0.3, 0.4) is 0 Å². The van der Waals surface area contributed by atoms with E-state index in [1.165, 1.54) is 18.2 Å². The van der Waals surface area contributed by atoms with Gasteiger partial charge in [0, 0.05) is 0 Å². The zero-order valence-electron chi connectivity index (χ0n) is 10.8. The van der Waals surface area contributed by atoms with Gasteiger partial charge in [-0.1, -0.05) is 0 Å². The van der Waals surface area contributed by atoms with Gasteiger partial charge in [0.15, 0.2) is 0 Å². The SMILES string of the molecule is O=BCN1CCc2cc(OS(=O)(=O)C(F)(F)F)ccc2C1. The predicted octanol–water partition coefficient (Wildman–Crippen LogP) is 1.28. The second-order valence-electron chi connectivity index (χ2n) is 4.57. The molecule has 0 saturated heterocycles. The summed E-state index contributed by atoms with van der Waals surface area (Å²) in [5.41, 5.74) is -3.91. The number of halogens is 3. The van der Waals surface area contributed by atoms with E-state index in [0.29, 0.717) is 25.1 Å². The molecule has 0 atom stereocenters. The van der Waals surface area contributed by atoms with Gasteiger partial charge in [-0.3, -0.25) is 0 Å². The molecule has 0 unspecified atom stereocenters. The van der Waals surface area contributed by atoms with Gasteiger partial charge in [-0.15, -0.1) is 0 Å². The van der Waals surface area contributed by atoms with E-state index < -0.39 is 15.6 Å². The van der Waals surface area contributed by atoms with Gasteiger partial charge < -0.3 is 0 Å². The van der Waals surface area contributed by atoms with E-state index in [9.17, 15) is 26.3 Å². The molecule has 0 bridgehead atoms. The number of alkyl halides is 3. The van der Waals surface area contributed by atoms with Crippen LogP contribution in [0, 0.1) is 0 Å². The van der Waals surface area contributed by atoms with Crippen LogP contribution in [0.15, 0.2) is 18.2 Å². The topological polar surface area (TPSA) is 63.7 Å². The first-order valence-electron chi connectivity index (χ1n) is 6.01. The Morgan fingerprint density at radius 3 is 2.62 bits per heavy atom. The minimum atomic E-state index is -5.65. The van der Waals surface area contributed by atoms with E-state index in [-0.39, 0.29) is 12.2 Å². The monoisotopic (exact) mass is 321 g/mol. The summed E-state index contributed by atoms with van der Waals surface area (Å²) in [6, 6.07) is 3.97. The molecule has 0 fully saturated rings. The van der Waals surface area contributed by atoms with Crippen LogP contribution >= 0.6 is 0 Å². The van der Waals surface area contributed by atoms with Gasteiger partial charge in [0.1, 0.15) is 0 Å². The first-order chi connectivity index (χ1) is 9.73. The molecular weight excluding hydrogens is 310 g/mol. The Kier molecular flexibility index (Phi) is 4.38. The van der Waals surface area contributed by atoms with Crippen LogP contribution in [0.4, 0.5) is 13.2 Å². The number of nitrogens with zero attached hydrogens (tertiary/aromatic N) is 1. The molecule has 1 aliphatic heterocycles. The van der Waals surface area contributed by atoms with Crippen molar-refractivity contribution in [2.45, 2.75) is 18.5 Å². The molecule has 0 radical (unpaired) electrons. The van der Waals surface area contributed by atoms with E-state index in [1.807, 2.05) is 4.90 Å². The van der Waals surface area contributed by atoms with Crippen LogP contribution in [0.25, 0.3) is 0 Å². The summed E-state index contributed by atoms with van der Waals surface area (Å²) in [4.78, 5) is 1.88. The third-order valence-electron chi connectivity index (χ3n) is 3.09. The van der Waals surface area contributed by atoms with E-state index in [4.69, 9.17) is 0 Å². The van der Waals surface area contributed by atoms with Gasteiger partial charge in [0.25, 0.3) is 0 Å². The van der Waals surface area contributed by atoms with Crippen LogP contribution in [0.1, 0.15) is 11.1 Å². The summed E-state index contributed by atoms with van der Waals surface area (Å²) in [5, 5.41) is 0. The van der Waals surface area contributed by atoms with Crippen LogP contribution in [-0.2, 0) is 27.8 Å². The maximum atomic E-state index is 12.2. The Morgan fingerprint density at radius 2 is 2.00 bits per heavy atom. The Bertz CT molecular complexity index is 647. The molecule has 2 rings (SSSR count). The fourth-order valence-electron chi connectivity index (χ4n) is 2.07. The molecule has 0 spiro atoms. The predicted molar refractivity (Wildman–Crippen MR) is 67.5 cm³/mol. The first kappa shape index (κ1) is 16.0. The van der Waals surface area contributed by atoms with Crippen molar-refractivity contribution in [3.05, 3.63) is 29.3 Å². The van der Waals surface area contributed by atoms with Crippen molar-refractivity contribution >= 4 is 17.3 Å². The summed E-state index contributed by atoms with van der Waals surface area (Å²) in [5.74, 6) is -0.366. The van der Waals surface area contributed by atoms with Gasteiger partial charge >= 0.3 is 119 Å². The van der Waals surface area contributed by atoms with Crippen molar-refractivity contribution in [2.75, 3.05) is 13.0 Å². The summed E-state index contributed by atoms with van der Waals surface area (Å²) in [6.07, 6.45) is 0.784. The van der Waals surface area contributed by atoms with E-state index >= 15 is 0 Å². The summed E-state index contributed by atoms with van der Waals surface area (Å²) < 4.78 is 73.1. The molecule has 1 heterocycles. The summed E-state index contributed by atoms with van der Waals surface area (Å²) in [6.45, 7) is 1.06. The average molecular weight is 321 g/mol. The second-order valence-corrected chi connectivity index (χ2v) is 6.10. The van der Waals surface area contributed by atoms with Gasteiger partial charge in [-0.05, 0) is 0 Å². The number of fused-ring (bicyclic) bond motifs is 1. The molecule has 21 heavy (non-hydrogen) atoms. The normalized spacial score (nSPS) is 16.1. The quantitative estimate of drug-likeness (QED) is 0.475. The van der Waals surface area contributed by atoms with Crippen molar-refractivity contribution in [2.24, 2.45) is 0 Å². The van der Waals surface area contributed by atoms with E-state index in [2.05, 4.69) is 4.18 Å². The zero-order chi connectivity index (χ0) is 15.7.